The molecular weight excluding hydrogens is 276 g/mol. The summed E-state index contributed by atoms with van der Waals surface area (Å²) in [4.78, 5) is 14.8. The van der Waals surface area contributed by atoms with Crippen LogP contribution in [0, 0.1) is 6.92 Å². The van der Waals surface area contributed by atoms with E-state index in [4.69, 9.17) is 0 Å². The quantitative estimate of drug-likeness (QED) is 0.775. The second-order valence-corrected chi connectivity index (χ2v) is 5.11. The molecule has 0 amide bonds. The minimum absolute atomic E-state index is 0.228. The van der Waals surface area contributed by atoms with E-state index < -0.39 is 0 Å². The largest absolute Gasteiger partial charge is 0.324 e. The van der Waals surface area contributed by atoms with Crippen LogP contribution in [0.4, 0.5) is 11.6 Å². The SMILES string of the molecule is Cc1cccc(Nc2nnc(Cc3ccccc3)c(=O)[nH]2)c1. The van der Waals surface area contributed by atoms with Crippen molar-refractivity contribution in [3.05, 3.63) is 81.8 Å². The van der Waals surface area contributed by atoms with E-state index in [9.17, 15) is 4.79 Å². The van der Waals surface area contributed by atoms with Gasteiger partial charge in [-0.05, 0) is 30.2 Å². The first-order chi connectivity index (χ1) is 10.7. The lowest BCUT2D eigenvalue weighted by molar-refractivity contribution is 0.874. The van der Waals surface area contributed by atoms with Crippen LogP contribution in [0.2, 0.25) is 0 Å². The molecule has 3 aromatic rings. The van der Waals surface area contributed by atoms with Crippen LogP contribution in [0.1, 0.15) is 16.8 Å². The van der Waals surface area contributed by atoms with Gasteiger partial charge >= 0.3 is 0 Å². The molecule has 0 spiro atoms. The van der Waals surface area contributed by atoms with Crippen molar-refractivity contribution in [1.82, 2.24) is 15.2 Å². The molecule has 0 unspecified atom stereocenters. The van der Waals surface area contributed by atoms with E-state index >= 15 is 0 Å². The fraction of sp³-hybridized carbons (Fsp3) is 0.118. The fourth-order valence-corrected chi connectivity index (χ4v) is 2.18. The van der Waals surface area contributed by atoms with Crippen molar-refractivity contribution >= 4 is 11.6 Å². The molecule has 0 radical (unpaired) electrons. The molecule has 110 valence electrons. The fourth-order valence-electron chi connectivity index (χ4n) is 2.18. The van der Waals surface area contributed by atoms with Gasteiger partial charge in [0.25, 0.3) is 5.56 Å². The molecule has 0 bridgehead atoms. The van der Waals surface area contributed by atoms with Crippen molar-refractivity contribution in [1.29, 1.82) is 0 Å². The molecule has 0 saturated heterocycles. The lowest BCUT2D eigenvalue weighted by atomic mass is 10.1. The zero-order chi connectivity index (χ0) is 15.4. The smallest absolute Gasteiger partial charge is 0.274 e. The van der Waals surface area contributed by atoms with Crippen LogP contribution in [0.25, 0.3) is 0 Å². The van der Waals surface area contributed by atoms with Gasteiger partial charge < -0.3 is 5.32 Å². The summed E-state index contributed by atoms with van der Waals surface area (Å²) >= 11 is 0. The van der Waals surface area contributed by atoms with Crippen molar-refractivity contribution in [2.45, 2.75) is 13.3 Å². The Morgan fingerprint density at radius 1 is 1.05 bits per heavy atom. The molecule has 0 aliphatic rings. The Hall–Kier alpha value is -2.95. The normalized spacial score (nSPS) is 10.4. The molecule has 1 aromatic heterocycles. The van der Waals surface area contributed by atoms with E-state index in [0.717, 1.165) is 16.8 Å². The molecule has 3 rings (SSSR count). The summed E-state index contributed by atoms with van der Waals surface area (Å²) in [6.45, 7) is 2.00. The number of aryl methyl sites for hydroxylation is 1. The highest BCUT2D eigenvalue weighted by molar-refractivity contribution is 5.53. The first kappa shape index (κ1) is 14.0. The predicted molar refractivity (Wildman–Crippen MR) is 86.4 cm³/mol. The molecule has 1 heterocycles. The van der Waals surface area contributed by atoms with Crippen LogP contribution < -0.4 is 10.9 Å². The lowest BCUT2D eigenvalue weighted by Crippen LogP contribution is -2.18. The molecule has 22 heavy (non-hydrogen) atoms. The van der Waals surface area contributed by atoms with Crippen molar-refractivity contribution in [3.63, 3.8) is 0 Å². The molecule has 0 saturated carbocycles. The predicted octanol–water partition coefficient (Wildman–Crippen LogP) is 2.81. The Morgan fingerprint density at radius 2 is 1.86 bits per heavy atom. The summed E-state index contributed by atoms with van der Waals surface area (Å²) < 4.78 is 0. The minimum atomic E-state index is -0.228. The number of nitrogens with zero attached hydrogens (tertiary/aromatic N) is 2. The zero-order valence-corrected chi connectivity index (χ0v) is 12.2. The number of rotatable bonds is 4. The summed E-state index contributed by atoms with van der Waals surface area (Å²) in [6.07, 6.45) is 0.466. The van der Waals surface area contributed by atoms with Crippen LogP contribution >= 0.6 is 0 Å². The molecular formula is C17H16N4O. The third-order valence-electron chi connectivity index (χ3n) is 3.26. The molecule has 0 fully saturated rings. The second-order valence-electron chi connectivity index (χ2n) is 5.11. The highest BCUT2D eigenvalue weighted by Gasteiger charge is 2.06. The lowest BCUT2D eigenvalue weighted by Gasteiger charge is -2.06. The highest BCUT2D eigenvalue weighted by Crippen LogP contribution is 2.13. The standard InChI is InChI=1S/C17H16N4O/c1-12-6-5-9-14(10-12)18-17-19-16(22)15(20-21-17)11-13-7-3-2-4-8-13/h2-10H,11H2,1H3,(H2,18,19,21,22). The second kappa shape index (κ2) is 6.22. The number of hydrogen-bond donors (Lipinski definition) is 2. The third-order valence-corrected chi connectivity index (χ3v) is 3.26. The summed E-state index contributed by atoms with van der Waals surface area (Å²) in [6, 6.07) is 17.5. The number of hydrogen-bond acceptors (Lipinski definition) is 4. The summed E-state index contributed by atoms with van der Waals surface area (Å²) in [5.74, 6) is 0.340. The van der Waals surface area contributed by atoms with E-state index in [0.29, 0.717) is 18.1 Å². The Kier molecular flexibility index (Phi) is 3.96. The third kappa shape index (κ3) is 3.38. The number of benzene rings is 2. The number of nitrogens with one attached hydrogen (secondary N) is 2. The van der Waals surface area contributed by atoms with Gasteiger partial charge in [0.05, 0.1) is 0 Å². The van der Waals surface area contributed by atoms with E-state index in [2.05, 4.69) is 20.5 Å². The van der Waals surface area contributed by atoms with Gasteiger partial charge in [-0.3, -0.25) is 9.78 Å². The van der Waals surface area contributed by atoms with Crippen LogP contribution in [0.5, 0.6) is 0 Å². The molecule has 5 nitrogen and oxygen atoms in total. The van der Waals surface area contributed by atoms with Gasteiger partial charge in [-0.25, -0.2) is 0 Å². The van der Waals surface area contributed by atoms with Gasteiger partial charge in [-0.2, -0.15) is 0 Å². The van der Waals surface area contributed by atoms with E-state index in [1.54, 1.807) is 0 Å². The topological polar surface area (TPSA) is 70.7 Å². The van der Waals surface area contributed by atoms with Gasteiger partial charge in [0.15, 0.2) is 0 Å². The van der Waals surface area contributed by atoms with E-state index in [1.165, 1.54) is 0 Å². The number of aromatic amines is 1. The average molecular weight is 292 g/mol. The van der Waals surface area contributed by atoms with Crippen molar-refractivity contribution in [2.75, 3.05) is 5.32 Å². The highest BCUT2D eigenvalue weighted by atomic mass is 16.1. The molecule has 0 atom stereocenters. The average Bonchev–Trinajstić information content (AvgIpc) is 2.51. The Bertz CT molecular complexity index is 827. The molecule has 0 aliphatic heterocycles. The minimum Gasteiger partial charge on any atom is -0.324 e. The Labute approximate surface area is 128 Å². The van der Waals surface area contributed by atoms with Gasteiger partial charge in [0, 0.05) is 12.1 Å². The van der Waals surface area contributed by atoms with Crippen LogP contribution in [0.3, 0.4) is 0 Å². The number of aromatic nitrogens is 3. The van der Waals surface area contributed by atoms with Crippen LogP contribution in [-0.4, -0.2) is 15.2 Å². The number of anilines is 2. The van der Waals surface area contributed by atoms with Crippen molar-refractivity contribution in [2.24, 2.45) is 0 Å². The Balaban J connectivity index is 1.79. The van der Waals surface area contributed by atoms with Gasteiger partial charge in [-0.15, -0.1) is 10.2 Å². The maximum absolute atomic E-state index is 12.1. The van der Waals surface area contributed by atoms with Gasteiger partial charge in [0.2, 0.25) is 5.95 Å². The first-order valence-electron chi connectivity index (χ1n) is 7.04. The van der Waals surface area contributed by atoms with Crippen LogP contribution in [0.15, 0.2) is 59.4 Å². The van der Waals surface area contributed by atoms with Crippen molar-refractivity contribution in [3.8, 4) is 0 Å². The molecule has 5 heteroatoms. The van der Waals surface area contributed by atoms with Crippen LogP contribution in [-0.2, 0) is 6.42 Å². The van der Waals surface area contributed by atoms with Crippen molar-refractivity contribution < 1.29 is 0 Å². The van der Waals surface area contributed by atoms with E-state index in [-0.39, 0.29) is 5.56 Å². The van der Waals surface area contributed by atoms with Gasteiger partial charge in [0.1, 0.15) is 5.69 Å². The Morgan fingerprint density at radius 3 is 2.59 bits per heavy atom. The number of H-pyrrole nitrogens is 1. The molecule has 0 aliphatic carbocycles. The molecule has 2 aromatic carbocycles. The molecule has 2 N–H and O–H groups in total. The summed E-state index contributed by atoms with van der Waals surface area (Å²) in [5.41, 5.74) is 3.19. The first-order valence-corrected chi connectivity index (χ1v) is 7.04. The van der Waals surface area contributed by atoms with Gasteiger partial charge in [-0.1, -0.05) is 42.5 Å². The maximum atomic E-state index is 12.1. The monoisotopic (exact) mass is 292 g/mol. The summed E-state index contributed by atoms with van der Waals surface area (Å²) in [5, 5.41) is 11.1. The maximum Gasteiger partial charge on any atom is 0.274 e. The van der Waals surface area contributed by atoms with E-state index in [1.807, 2.05) is 61.5 Å². The zero-order valence-electron chi connectivity index (χ0n) is 12.2. The summed E-state index contributed by atoms with van der Waals surface area (Å²) in [7, 11) is 0.